The maximum atomic E-state index is 13.5. The smallest absolute Gasteiger partial charge is 0.262 e. The summed E-state index contributed by atoms with van der Waals surface area (Å²) in [6.45, 7) is 4.05. The fraction of sp³-hybridized carbons (Fsp3) is 0.136. The number of aryl methyl sites for hydroxylation is 1. The van der Waals surface area contributed by atoms with Gasteiger partial charge in [-0.25, -0.2) is 0 Å². The highest BCUT2D eigenvalue weighted by atomic mass is 35.5. The Balaban J connectivity index is 1.98. The normalized spacial score (nSPS) is 19.0. The molecular formula is C22H19ClN2O. The van der Waals surface area contributed by atoms with Crippen LogP contribution in [0, 0.1) is 6.92 Å². The third-order valence-electron chi connectivity index (χ3n) is 4.93. The molecule has 0 radical (unpaired) electrons. The predicted octanol–water partition coefficient (Wildman–Crippen LogP) is 5.59. The maximum Gasteiger partial charge on any atom is 0.262 e. The van der Waals surface area contributed by atoms with E-state index in [1.54, 1.807) is 12.1 Å². The first-order chi connectivity index (χ1) is 12.5. The van der Waals surface area contributed by atoms with E-state index in [0.29, 0.717) is 10.6 Å². The highest BCUT2D eigenvalue weighted by molar-refractivity contribution is 6.31. The number of rotatable bonds is 2. The number of para-hydroxylation sites is 1. The summed E-state index contributed by atoms with van der Waals surface area (Å²) in [6.07, 6.45) is 0. The van der Waals surface area contributed by atoms with Crippen molar-refractivity contribution in [3.8, 4) is 0 Å². The molecule has 0 bridgehead atoms. The van der Waals surface area contributed by atoms with Crippen molar-refractivity contribution in [3.63, 3.8) is 0 Å². The third kappa shape index (κ3) is 2.56. The van der Waals surface area contributed by atoms with Gasteiger partial charge in [0, 0.05) is 16.4 Å². The van der Waals surface area contributed by atoms with E-state index in [1.807, 2.05) is 79.4 Å². The Kier molecular flexibility index (Phi) is 3.97. The van der Waals surface area contributed by atoms with E-state index in [9.17, 15) is 4.79 Å². The molecule has 1 amide bonds. The number of nitrogens with one attached hydrogen (secondary N) is 1. The lowest BCUT2D eigenvalue weighted by atomic mass is 9.92. The second-order valence-corrected chi connectivity index (χ2v) is 7.12. The van der Waals surface area contributed by atoms with E-state index in [1.165, 1.54) is 0 Å². The number of amides is 1. The van der Waals surface area contributed by atoms with Crippen molar-refractivity contribution < 1.29 is 4.79 Å². The van der Waals surface area contributed by atoms with Gasteiger partial charge < -0.3 is 5.32 Å². The Morgan fingerprint density at radius 1 is 0.962 bits per heavy atom. The van der Waals surface area contributed by atoms with Crippen LogP contribution in [-0.4, -0.2) is 5.91 Å². The van der Waals surface area contributed by atoms with Crippen LogP contribution in [0.2, 0.25) is 5.02 Å². The van der Waals surface area contributed by atoms with E-state index < -0.39 is 5.66 Å². The fourth-order valence-electron chi connectivity index (χ4n) is 3.57. The summed E-state index contributed by atoms with van der Waals surface area (Å²) in [7, 11) is 0. The number of carbonyl (C=O) groups excluding carboxylic acids is 1. The van der Waals surface area contributed by atoms with Gasteiger partial charge in [-0.2, -0.15) is 0 Å². The fourth-order valence-corrected chi connectivity index (χ4v) is 3.74. The minimum atomic E-state index is -0.717. The van der Waals surface area contributed by atoms with Gasteiger partial charge in [0.15, 0.2) is 0 Å². The molecule has 0 saturated heterocycles. The molecule has 0 aromatic heterocycles. The molecule has 0 aliphatic carbocycles. The first-order valence-corrected chi connectivity index (χ1v) is 8.92. The van der Waals surface area contributed by atoms with Gasteiger partial charge in [0.25, 0.3) is 5.91 Å². The summed E-state index contributed by atoms with van der Waals surface area (Å²) >= 11 is 6.16. The van der Waals surface area contributed by atoms with E-state index in [2.05, 4.69) is 5.32 Å². The zero-order valence-electron chi connectivity index (χ0n) is 14.7. The van der Waals surface area contributed by atoms with Gasteiger partial charge in [0.05, 0.1) is 5.56 Å². The molecule has 1 heterocycles. The quantitative estimate of drug-likeness (QED) is 0.644. The molecule has 1 unspecified atom stereocenters. The molecule has 1 atom stereocenters. The molecule has 4 heteroatoms. The SMILES string of the molecule is Cc1ccccc1N1C(=O)c2cc(Cl)ccc2NC1(C)c1ccccc1. The van der Waals surface area contributed by atoms with Gasteiger partial charge in [0.1, 0.15) is 5.66 Å². The van der Waals surface area contributed by atoms with Gasteiger partial charge in [-0.05, 0) is 49.2 Å². The zero-order valence-corrected chi connectivity index (χ0v) is 15.4. The Morgan fingerprint density at radius 3 is 2.38 bits per heavy atom. The molecule has 3 nitrogen and oxygen atoms in total. The maximum absolute atomic E-state index is 13.5. The molecule has 0 saturated carbocycles. The molecule has 3 aromatic rings. The lowest BCUT2D eigenvalue weighted by Crippen LogP contribution is -2.56. The van der Waals surface area contributed by atoms with Crippen molar-refractivity contribution in [2.45, 2.75) is 19.5 Å². The van der Waals surface area contributed by atoms with Crippen molar-refractivity contribution >= 4 is 28.9 Å². The molecule has 0 spiro atoms. The number of benzene rings is 3. The second-order valence-electron chi connectivity index (χ2n) is 6.68. The molecule has 1 aliphatic heterocycles. The Morgan fingerprint density at radius 2 is 1.65 bits per heavy atom. The summed E-state index contributed by atoms with van der Waals surface area (Å²) in [5, 5.41) is 4.12. The molecule has 0 fully saturated rings. The Hall–Kier alpha value is -2.78. The van der Waals surface area contributed by atoms with Crippen molar-refractivity contribution in [2.75, 3.05) is 10.2 Å². The lowest BCUT2D eigenvalue weighted by molar-refractivity contribution is 0.0956. The topological polar surface area (TPSA) is 32.3 Å². The molecule has 26 heavy (non-hydrogen) atoms. The highest BCUT2D eigenvalue weighted by Crippen LogP contribution is 2.42. The monoisotopic (exact) mass is 362 g/mol. The first-order valence-electron chi connectivity index (χ1n) is 8.54. The van der Waals surface area contributed by atoms with Crippen LogP contribution < -0.4 is 10.2 Å². The van der Waals surface area contributed by atoms with E-state index in [4.69, 9.17) is 11.6 Å². The van der Waals surface area contributed by atoms with Crippen LogP contribution in [0.3, 0.4) is 0 Å². The van der Waals surface area contributed by atoms with Gasteiger partial charge in [-0.1, -0.05) is 60.1 Å². The Bertz CT molecular complexity index is 986. The first kappa shape index (κ1) is 16.7. The number of fused-ring (bicyclic) bond motifs is 1. The van der Waals surface area contributed by atoms with Gasteiger partial charge in [0.2, 0.25) is 0 Å². The van der Waals surface area contributed by atoms with Crippen LogP contribution >= 0.6 is 11.6 Å². The van der Waals surface area contributed by atoms with Gasteiger partial charge in [-0.3, -0.25) is 9.69 Å². The van der Waals surface area contributed by atoms with Crippen LogP contribution in [0.25, 0.3) is 0 Å². The lowest BCUT2D eigenvalue weighted by Gasteiger charge is -2.47. The largest absolute Gasteiger partial charge is 0.358 e. The summed E-state index contributed by atoms with van der Waals surface area (Å²) in [5.41, 5.74) is 3.57. The minimum absolute atomic E-state index is 0.0677. The van der Waals surface area contributed by atoms with Crippen LogP contribution in [-0.2, 0) is 5.66 Å². The molecule has 3 aromatic carbocycles. The molecule has 1 aliphatic rings. The number of hydrogen-bond acceptors (Lipinski definition) is 2. The third-order valence-corrected chi connectivity index (χ3v) is 5.17. The predicted molar refractivity (Wildman–Crippen MR) is 107 cm³/mol. The van der Waals surface area contributed by atoms with Gasteiger partial charge >= 0.3 is 0 Å². The van der Waals surface area contributed by atoms with Crippen LogP contribution in [0.15, 0.2) is 72.8 Å². The summed E-state index contributed by atoms with van der Waals surface area (Å²) in [5.74, 6) is -0.0677. The summed E-state index contributed by atoms with van der Waals surface area (Å²) < 4.78 is 0. The standard InChI is InChI=1S/C22H19ClN2O/c1-15-8-6-7-11-20(15)25-21(26)18-14-17(23)12-13-19(18)24-22(25,2)16-9-4-3-5-10-16/h3-14,24H,1-2H3. The molecular weight excluding hydrogens is 344 g/mol. The van der Waals surface area contributed by atoms with Crippen LogP contribution in [0.5, 0.6) is 0 Å². The van der Waals surface area contributed by atoms with E-state index in [-0.39, 0.29) is 5.91 Å². The zero-order chi connectivity index (χ0) is 18.3. The highest BCUT2D eigenvalue weighted by Gasteiger charge is 2.43. The number of halogens is 1. The van der Waals surface area contributed by atoms with Crippen LogP contribution in [0.4, 0.5) is 11.4 Å². The van der Waals surface area contributed by atoms with Crippen molar-refractivity contribution in [1.29, 1.82) is 0 Å². The average molecular weight is 363 g/mol. The Labute approximate surface area is 158 Å². The number of anilines is 2. The summed E-state index contributed by atoms with van der Waals surface area (Å²) in [6, 6.07) is 23.3. The number of hydrogen-bond donors (Lipinski definition) is 1. The van der Waals surface area contributed by atoms with Crippen molar-refractivity contribution in [3.05, 3.63) is 94.5 Å². The molecule has 130 valence electrons. The second kappa shape index (κ2) is 6.19. The van der Waals surface area contributed by atoms with E-state index >= 15 is 0 Å². The minimum Gasteiger partial charge on any atom is -0.358 e. The molecule has 4 rings (SSSR count). The van der Waals surface area contributed by atoms with Crippen LogP contribution in [0.1, 0.15) is 28.4 Å². The van der Waals surface area contributed by atoms with Crippen molar-refractivity contribution in [2.24, 2.45) is 0 Å². The number of carbonyl (C=O) groups is 1. The number of nitrogens with zero attached hydrogens (tertiary/aromatic N) is 1. The van der Waals surface area contributed by atoms with Crippen molar-refractivity contribution in [1.82, 2.24) is 0 Å². The summed E-state index contributed by atoms with van der Waals surface area (Å²) in [4.78, 5) is 15.4. The average Bonchev–Trinajstić information content (AvgIpc) is 2.65. The van der Waals surface area contributed by atoms with Gasteiger partial charge in [-0.15, -0.1) is 0 Å². The molecule has 1 N–H and O–H groups in total. The van der Waals surface area contributed by atoms with E-state index in [0.717, 1.165) is 22.5 Å².